The third-order valence-electron chi connectivity index (χ3n) is 3.67. The van der Waals surface area contributed by atoms with E-state index in [1.54, 1.807) is 0 Å². The molecule has 0 spiro atoms. The minimum absolute atomic E-state index is 0.112. The van der Waals surface area contributed by atoms with Crippen molar-refractivity contribution in [2.75, 3.05) is 13.1 Å². The number of aliphatic hydroxyl groups is 1. The Morgan fingerprint density at radius 3 is 2.42 bits per heavy atom. The van der Waals surface area contributed by atoms with Crippen LogP contribution in [0, 0.1) is 0 Å². The molecule has 1 atom stereocenters. The molecular formula is C15H30N2O2. The second-order valence-electron chi connectivity index (χ2n) is 6.11. The van der Waals surface area contributed by atoms with Crippen LogP contribution in [0.4, 0.5) is 0 Å². The number of hydrogen-bond donors (Lipinski definition) is 2. The predicted molar refractivity (Wildman–Crippen MR) is 78.0 cm³/mol. The SMILES string of the molecule is CC(O)CN(CCC(=O)NC(C)C)C1CCCCC1. The van der Waals surface area contributed by atoms with E-state index < -0.39 is 0 Å². The van der Waals surface area contributed by atoms with Crippen molar-refractivity contribution in [1.82, 2.24) is 10.2 Å². The van der Waals surface area contributed by atoms with Gasteiger partial charge in [0.1, 0.15) is 0 Å². The maximum atomic E-state index is 11.7. The van der Waals surface area contributed by atoms with E-state index in [1.165, 1.54) is 32.1 Å². The van der Waals surface area contributed by atoms with Gasteiger partial charge in [-0.1, -0.05) is 19.3 Å². The summed E-state index contributed by atoms with van der Waals surface area (Å²) in [5, 5.41) is 12.5. The minimum atomic E-state index is -0.324. The Morgan fingerprint density at radius 1 is 1.26 bits per heavy atom. The van der Waals surface area contributed by atoms with Gasteiger partial charge in [0.25, 0.3) is 0 Å². The molecule has 0 saturated heterocycles. The fraction of sp³-hybridized carbons (Fsp3) is 0.933. The first kappa shape index (κ1) is 16.4. The van der Waals surface area contributed by atoms with E-state index in [4.69, 9.17) is 0 Å². The molecule has 2 N–H and O–H groups in total. The minimum Gasteiger partial charge on any atom is -0.392 e. The van der Waals surface area contributed by atoms with Gasteiger partial charge in [0.2, 0.25) is 5.91 Å². The lowest BCUT2D eigenvalue weighted by molar-refractivity contribution is -0.122. The summed E-state index contributed by atoms with van der Waals surface area (Å²) in [6.45, 7) is 7.22. The molecule has 0 radical (unpaired) electrons. The standard InChI is InChI=1S/C15H30N2O2/c1-12(2)16-15(19)9-10-17(11-13(3)18)14-7-5-4-6-8-14/h12-14,18H,4-11H2,1-3H3,(H,16,19). The van der Waals surface area contributed by atoms with Crippen molar-refractivity contribution < 1.29 is 9.90 Å². The van der Waals surface area contributed by atoms with Crippen molar-refractivity contribution in [3.8, 4) is 0 Å². The van der Waals surface area contributed by atoms with E-state index in [1.807, 2.05) is 20.8 Å². The normalized spacial score (nSPS) is 18.8. The Bertz CT molecular complexity index is 261. The smallest absolute Gasteiger partial charge is 0.221 e. The maximum Gasteiger partial charge on any atom is 0.221 e. The van der Waals surface area contributed by atoms with Crippen LogP contribution in [0.15, 0.2) is 0 Å². The number of carbonyl (C=O) groups excluding carboxylic acids is 1. The van der Waals surface area contributed by atoms with E-state index in [9.17, 15) is 9.90 Å². The first-order valence-corrected chi connectivity index (χ1v) is 7.70. The predicted octanol–water partition coefficient (Wildman–Crippen LogP) is 1.92. The molecule has 0 aliphatic heterocycles. The van der Waals surface area contributed by atoms with Gasteiger partial charge in [-0.05, 0) is 33.6 Å². The van der Waals surface area contributed by atoms with Crippen LogP contribution in [0.25, 0.3) is 0 Å². The number of rotatable bonds is 7. The van der Waals surface area contributed by atoms with E-state index in [0.29, 0.717) is 19.0 Å². The molecule has 0 bridgehead atoms. The van der Waals surface area contributed by atoms with Gasteiger partial charge in [-0.3, -0.25) is 9.69 Å². The highest BCUT2D eigenvalue weighted by Gasteiger charge is 2.22. The average molecular weight is 270 g/mol. The van der Waals surface area contributed by atoms with Gasteiger partial charge < -0.3 is 10.4 Å². The summed E-state index contributed by atoms with van der Waals surface area (Å²) in [6, 6.07) is 0.752. The summed E-state index contributed by atoms with van der Waals surface area (Å²) >= 11 is 0. The molecule has 1 aliphatic rings. The van der Waals surface area contributed by atoms with Gasteiger partial charge in [0.05, 0.1) is 6.10 Å². The average Bonchev–Trinajstić information content (AvgIpc) is 2.34. The van der Waals surface area contributed by atoms with Crippen LogP contribution < -0.4 is 5.32 Å². The molecule has 1 aliphatic carbocycles. The number of nitrogens with zero attached hydrogens (tertiary/aromatic N) is 1. The summed E-state index contributed by atoms with van der Waals surface area (Å²) in [5.41, 5.74) is 0. The van der Waals surface area contributed by atoms with Crippen molar-refractivity contribution >= 4 is 5.91 Å². The number of amides is 1. The fourth-order valence-corrected chi connectivity index (χ4v) is 2.85. The van der Waals surface area contributed by atoms with Gasteiger partial charge in [0.15, 0.2) is 0 Å². The fourth-order valence-electron chi connectivity index (χ4n) is 2.85. The van der Waals surface area contributed by atoms with Gasteiger partial charge >= 0.3 is 0 Å². The van der Waals surface area contributed by atoms with Crippen LogP contribution >= 0.6 is 0 Å². The van der Waals surface area contributed by atoms with Crippen molar-refractivity contribution in [2.45, 2.75) is 77.5 Å². The lowest BCUT2D eigenvalue weighted by Gasteiger charge is -2.35. The van der Waals surface area contributed by atoms with Crippen molar-refractivity contribution in [2.24, 2.45) is 0 Å². The summed E-state index contributed by atoms with van der Waals surface area (Å²) in [5.74, 6) is 0.112. The Hall–Kier alpha value is -0.610. The van der Waals surface area contributed by atoms with Crippen molar-refractivity contribution in [3.63, 3.8) is 0 Å². The topological polar surface area (TPSA) is 52.6 Å². The molecule has 1 saturated carbocycles. The lowest BCUT2D eigenvalue weighted by atomic mass is 9.94. The van der Waals surface area contributed by atoms with Crippen LogP contribution in [-0.2, 0) is 4.79 Å². The van der Waals surface area contributed by atoms with Crippen molar-refractivity contribution in [1.29, 1.82) is 0 Å². The zero-order valence-corrected chi connectivity index (χ0v) is 12.7. The maximum absolute atomic E-state index is 11.7. The number of carbonyl (C=O) groups is 1. The summed E-state index contributed by atoms with van der Waals surface area (Å²) in [4.78, 5) is 14.0. The molecule has 4 nitrogen and oxygen atoms in total. The molecule has 1 fully saturated rings. The van der Waals surface area contributed by atoms with Crippen LogP contribution in [0.2, 0.25) is 0 Å². The largest absolute Gasteiger partial charge is 0.392 e. The van der Waals surface area contributed by atoms with E-state index in [-0.39, 0.29) is 18.1 Å². The highest BCUT2D eigenvalue weighted by Crippen LogP contribution is 2.22. The van der Waals surface area contributed by atoms with Gasteiger partial charge in [-0.2, -0.15) is 0 Å². The molecule has 4 heteroatoms. The molecule has 19 heavy (non-hydrogen) atoms. The molecule has 0 aromatic rings. The van der Waals surface area contributed by atoms with Crippen LogP contribution in [0.1, 0.15) is 59.3 Å². The molecule has 1 amide bonds. The Labute approximate surface area is 117 Å². The number of aliphatic hydroxyl groups excluding tert-OH is 1. The third-order valence-corrected chi connectivity index (χ3v) is 3.67. The molecule has 112 valence electrons. The summed E-state index contributed by atoms with van der Waals surface area (Å²) in [7, 11) is 0. The highest BCUT2D eigenvalue weighted by atomic mass is 16.3. The van der Waals surface area contributed by atoms with Crippen LogP contribution in [-0.4, -0.2) is 47.2 Å². The second kappa shape index (κ2) is 8.54. The molecule has 0 aromatic carbocycles. The third kappa shape index (κ3) is 6.92. The van der Waals surface area contributed by atoms with E-state index in [2.05, 4.69) is 10.2 Å². The number of nitrogens with one attached hydrogen (secondary N) is 1. The second-order valence-corrected chi connectivity index (χ2v) is 6.11. The highest BCUT2D eigenvalue weighted by molar-refractivity contribution is 5.76. The van der Waals surface area contributed by atoms with Gasteiger partial charge in [0, 0.05) is 31.6 Å². The molecule has 1 unspecified atom stereocenters. The van der Waals surface area contributed by atoms with Crippen LogP contribution in [0.3, 0.4) is 0 Å². The first-order valence-electron chi connectivity index (χ1n) is 7.70. The molecule has 0 heterocycles. The quantitative estimate of drug-likeness (QED) is 0.743. The Kier molecular flexibility index (Phi) is 7.39. The monoisotopic (exact) mass is 270 g/mol. The molecule has 1 rings (SSSR count). The summed E-state index contributed by atoms with van der Waals surface area (Å²) < 4.78 is 0. The van der Waals surface area contributed by atoms with Gasteiger partial charge in [-0.15, -0.1) is 0 Å². The Morgan fingerprint density at radius 2 is 1.89 bits per heavy atom. The van der Waals surface area contributed by atoms with E-state index >= 15 is 0 Å². The molecule has 0 aromatic heterocycles. The van der Waals surface area contributed by atoms with Crippen molar-refractivity contribution in [3.05, 3.63) is 0 Å². The van der Waals surface area contributed by atoms with Gasteiger partial charge in [-0.25, -0.2) is 0 Å². The van der Waals surface area contributed by atoms with Crippen LogP contribution in [0.5, 0.6) is 0 Å². The first-order chi connectivity index (χ1) is 8.99. The number of hydrogen-bond acceptors (Lipinski definition) is 3. The summed E-state index contributed by atoms with van der Waals surface area (Å²) in [6.07, 6.45) is 6.50. The van der Waals surface area contributed by atoms with E-state index in [0.717, 1.165) is 6.54 Å². The zero-order chi connectivity index (χ0) is 14.3. The Balaban J connectivity index is 2.42. The lowest BCUT2D eigenvalue weighted by Crippen LogP contribution is -2.43. The molecular weight excluding hydrogens is 240 g/mol. The zero-order valence-electron chi connectivity index (χ0n) is 12.7.